The van der Waals surface area contributed by atoms with Gasteiger partial charge in [-0.3, -0.25) is 20.4 Å². The van der Waals surface area contributed by atoms with Gasteiger partial charge in [0, 0.05) is 23.5 Å². The number of carbonyl (C=O) groups is 2. The number of halogens is 1. The molecule has 0 aliphatic heterocycles. The molecule has 3 aromatic rings. The first kappa shape index (κ1) is 15.8. The second kappa shape index (κ2) is 6.97. The molecule has 0 fully saturated rings. The summed E-state index contributed by atoms with van der Waals surface area (Å²) < 4.78 is 0.869. The van der Waals surface area contributed by atoms with Gasteiger partial charge in [-0.25, -0.2) is 0 Å². The average molecular weight is 392 g/mol. The number of aryl methyl sites for hydroxylation is 1. The van der Waals surface area contributed by atoms with E-state index in [1.165, 1.54) is 11.3 Å². The van der Waals surface area contributed by atoms with Gasteiger partial charge in [-0.2, -0.15) is 0 Å². The first-order valence-electron chi connectivity index (χ1n) is 7.03. The molecule has 0 unspecified atom stereocenters. The molecule has 3 N–H and O–H groups in total. The molecule has 5 nitrogen and oxygen atoms in total. The number of hydrazine groups is 1. The van der Waals surface area contributed by atoms with Crippen molar-refractivity contribution in [3.8, 4) is 0 Å². The van der Waals surface area contributed by atoms with E-state index in [1.54, 1.807) is 12.1 Å². The number of aromatic nitrogens is 1. The van der Waals surface area contributed by atoms with Crippen LogP contribution in [-0.4, -0.2) is 16.8 Å². The minimum Gasteiger partial charge on any atom is -0.361 e. The lowest BCUT2D eigenvalue weighted by Crippen LogP contribution is -2.41. The summed E-state index contributed by atoms with van der Waals surface area (Å²) in [6.45, 7) is 0. The first-order valence-corrected chi connectivity index (χ1v) is 8.64. The van der Waals surface area contributed by atoms with Crippen LogP contribution in [0.4, 0.5) is 0 Å². The fourth-order valence-corrected chi connectivity index (χ4v) is 3.55. The topological polar surface area (TPSA) is 74.0 Å². The maximum absolute atomic E-state index is 11.9. The third-order valence-corrected chi connectivity index (χ3v) is 5.03. The molecule has 0 saturated carbocycles. The Morgan fingerprint density at radius 2 is 1.96 bits per heavy atom. The van der Waals surface area contributed by atoms with Crippen molar-refractivity contribution in [1.82, 2.24) is 15.8 Å². The third kappa shape index (κ3) is 3.80. The Hall–Kier alpha value is -2.12. The zero-order chi connectivity index (χ0) is 16.2. The van der Waals surface area contributed by atoms with Crippen molar-refractivity contribution < 1.29 is 9.59 Å². The molecule has 2 amide bonds. The van der Waals surface area contributed by atoms with Crippen LogP contribution in [0.5, 0.6) is 0 Å². The lowest BCUT2D eigenvalue weighted by Gasteiger charge is -2.06. The van der Waals surface area contributed by atoms with Gasteiger partial charge >= 0.3 is 0 Å². The SMILES string of the molecule is O=C(CCc1c[nH]c2ccccc12)NNC(=O)c1ccc(Br)s1. The number of aromatic amines is 1. The predicted molar refractivity (Wildman–Crippen MR) is 94.2 cm³/mol. The molecule has 0 saturated heterocycles. The van der Waals surface area contributed by atoms with Gasteiger partial charge in [0.1, 0.15) is 0 Å². The van der Waals surface area contributed by atoms with Crippen molar-refractivity contribution in [2.24, 2.45) is 0 Å². The van der Waals surface area contributed by atoms with E-state index in [0.29, 0.717) is 17.7 Å². The fourth-order valence-electron chi connectivity index (χ4n) is 2.27. The van der Waals surface area contributed by atoms with Gasteiger partial charge in [0.2, 0.25) is 5.91 Å². The number of H-pyrrole nitrogens is 1. The second-order valence-electron chi connectivity index (χ2n) is 4.97. The lowest BCUT2D eigenvalue weighted by molar-refractivity contribution is -0.121. The van der Waals surface area contributed by atoms with E-state index in [-0.39, 0.29) is 11.8 Å². The zero-order valence-electron chi connectivity index (χ0n) is 12.1. The Kier molecular flexibility index (Phi) is 4.78. The molecular formula is C16H14BrN3O2S. The third-order valence-electron chi connectivity index (χ3n) is 3.41. The Morgan fingerprint density at radius 1 is 1.13 bits per heavy atom. The molecule has 2 heterocycles. The highest BCUT2D eigenvalue weighted by molar-refractivity contribution is 9.11. The van der Waals surface area contributed by atoms with Gasteiger partial charge < -0.3 is 4.98 Å². The average Bonchev–Trinajstić information content (AvgIpc) is 3.17. The number of fused-ring (bicyclic) bond motifs is 1. The van der Waals surface area contributed by atoms with Crippen LogP contribution in [0, 0.1) is 0 Å². The van der Waals surface area contributed by atoms with E-state index in [1.807, 2.05) is 30.5 Å². The summed E-state index contributed by atoms with van der Waals surface area (Å²) in [5.41, 5.74) is 7.01. The number of benzene rings is 1. The Bertz CT molecular complexity index is 856. The van der Waals surface area contributed by atoms with E-state index in [0.717, 1.165) is 20.3 Å². The zero-order valence-corrected chi connectivity index (χ0v) is 14.5. The van der Waals surface area contributed by atoms with E-state index < -0.39 is 0 Å². The summed E-state index contributed by atoms with van der Waals surface area (Å²) in [4.78, 5) is 27.4. The van der Waals surface area contributed by atoms with Crippen LogP contribution < -0.4 is 10.9 Å². The molecule has 1 aromatic carbocycles. The number of hydrogen-bond donors (Lipinski definition) is 3. The Labute approximate surface area is 145 Å². The van der Waals surface area contributed by atoms with Crippen molar-refractivity contribution in [2.75, 3.05) is 0 Å². The number of rotatable bonds is 4. The molecule has 7 heteroatoms. The first-order chi connectivity index (χ1) is 11.1. The molecule has 0 bridgehead atoms. The van der Waals surface area contributed by atoms with Crippen LogP contribution in [0.3, 0.4) is 0 Å². The minimum atomic E-state index is -0.318. The molecule has 118 valence electrons. The highest BCUT2D eigenvalue weighted by Crippen LogP contribution is 2.21. The number of carbonyl (C=O) groups excluding carboxylic acids is 2. The van der Waals surface area contributed by atoms with Crippen LogP contribution >= 0.6 is 27.3 Å². The minimum absolute atomic E-state index is 0.223. The van der Waals surface area contributed by atoms with E-state index in [9.17, 15) is 9.59 Å². The molecule has 3 rings (SSSR count). The fraction of sp³-hybridized carbons (Fsp3) is 0.125. The summed E-state index contributed by atoms with van der Waals surface area (Å²) in [7, 11) is 0. The summed E-state index contributed by atoms with van der Waals surface area (Å²) in [6.07, 6.45) is 2.83. The number of thiophene rings is 1. The van der Waals surface area contributed by atoms with E-state index >= 15 is 0 Å². The van der Waals surface area contributed by atoms with Crippen LogP contribution in [0.25, 0.3) is 10.9 Å². The van der Waals surface area contributed by atoms with Gasteiger partial charge in [-0.05, 0) is 46.1 Å². The number of hydrogen-bond acceptors (Lipinski definition) is 3. The van der Waals surface area contributed by atoms with E-state index in [4.69, 9.17) is 0 Å². The van der Waals surface area contributed by atoms with Crippen molar-refractivity contribution in [2.45, 2.75) is 12.8 Å². The smallest absolute Gasteiger partial charge is 0.279 e. The maximum Gasteiger partial charge on any atom is 0.279 e. The molecule has 0 atom stereocenters. The van der Waals surface area contributed by atoms with E-state index in [2.05, 4.69) is 31.8 Å². The Balaban J connectivity index is 1.51. The van der Waals surface area contributed by atoms with Crippen LogP contribution in [0.15, 0.2) is 46.4 Å². The Morgan fingerprint density at radius 3 is 2.74 bits per heavy atom. The summed E-state index contributed by atoms with van der Waals surface area (Å²) in [6, 6.07) is 11.4. The number of amides is 2. The van der Waals surface area contributed by atoms with Gasteiger partial charge in [0.15, 0.2) is 0 Å². The molecule has 0 radical (unpaired) electrons. The van der Waals surface area contributed by atoms with Gasteiger partial charge in [-0.1, -0.05) is 18.2 Å². The molecule has 0 spiro atoms. The van der Waals surface area contributed by atoms with Crippen LogP contribution in [0.2, 0.25) is 0 Å². The van der Waals surface area contributed by atoms with Crippen molar-refractivity contribution in [1.29, 1.82) is 0 Å². The summed E-state index contributed by atoms with van der Waals surface area (Å²) in [5.74, 6) is -0.541. The maximum atomic E-state index is 11.9. The van der Waals surface area contributed by atoms with Crippen molar-refractivity contribution >= 4 is 50.0 Å². The molecule has 0 aliphatic rings. The van der Waals surface area contributed by atoms with Crippen molar-refractivity contribution in [3.63, 3.8) is 0 Å². The highest BCUT2D eigenvalue weighted by Gasteiger charge is 2.10. The van der Waals surface area contributed by atoms with Gasteiger partial charge in [-0.15, -0.1) is 11.3 Å². The van der Waals surface area contributed by atoms with Crippen LogP contribution in [-0.2, 0) is 11.2 Å². The van der Waals surface area contributed by atoms with Crippen LogP contribution in [0.1, 0.15) is 21.7 Å². The monoisotopic (exact) mass is 391 g/mol. The number of para-hydroxylation sites is 1. The summed E-state index contributed by atoms with van der Waals surface area (Å²) in [5, 5.41) is 1.12. The molecule has 0 aliphatic carbocycles. The van der Waals surface area contributed by atoms with Gasteiger partial charge in [0.05, 0.1) is 8.66 Å². The quantitative estimate of drug-likeness (QED) is 0.596. The highest BCUT2D eigenvalue weighted by atomic mass is 79.9. The van der Waals surface area contributed by atoms with Gasteiger partial charge in [0.25, 0.3) is 5.91 Å². The van der Waals surface area contributed by atoms with Crippen molar-refractivity contribution in [3.05, 3.63) is 56.8 Å². The summed E-state index contributed by atoms with van der Waals surface area (Å²) >= 11 is 4.60. The predicted octanol–water partition coefficient (Wildman–Crippen LogP) is 3.39. The lowest BCUT2D eigenvalue weighted by atomic mass is 10.1. The number of nitrogens with one attached hydrogen (secondary N) is 3. The molecular weight excluding hydrogens is 378 g/mol. The normalized spacial score (nSPS) is 10.7. The largest absolute Gasteiger partial charge is 0.361 e. The second-order valence-corrected chi connectivity index (χ2v) is 7.43. The molecule has 23 heavy (non-hydrogen) atoms. The standard InChI is InChI=1S/C16H14BrN3O2S/c17-14-7-6-13(23-14)16(22)20-19-15(21)8-5-10-9-18-12-4-2-1-3-11(10)12/h1-4,6-7,9,18H,5,8H2,(H,19,21)(H,20,22). The molecule has 2 aromatic heterocycles.